The monoisotopic (exact) mass is 236 g/mol. The van der Waals surface area contributed by atoms with Crippen molar-refractivity contribution in [3.05, 3.63) is 21.6 Å². The highest BCUT2D eigenvalue weighted by molar-refractivity contribution is 14.1. The van der Waals surface area contributed by atoms with Crippen LogP contribution in [0.15, 0.2) is 26.5 Å². The maximum Gasteiger partial charge on any atom is 0.0397 e. The second-order valence-electron chi connectivity index (χ2n) is 1.51. The largest absolute Gasteiger partial charge is 0.404 e. The smallest absolute Gasteiger partial charge is 0.0397 e. The molecule has 0 spiro atoms. The minimum atomic E-state index is 1.02. The van der Waals surface area contributed by atoms with Gasteiger partial charge in [0.05, 0.1) is 0 Å². The van der Waals surface area contributed by atoms with Crippen LogP contribution >= 0.6 is 22.6 Å². The molecule has 0 aliphatic carbocycles. The Morgan fingerprint density at radius 3 is 2.67 bits per heavy atom. The molecule has 0 radical (unpaired) electrons. The number of hydrogen-bond donors (Lipinski definition) is 1. The third kappa shape index (κ3) is 3.29. The first-order valence-corrected chi connectivity index (χ1v) is 3.50. The molecular weight excluding hydrogens is 227 g/mol. The van der Waals surface area contributed by atoms with Crippen molar-refractivity contribution < 1.29 is 0 Å². The van der Waals surface area contributed by atoms with Gasteiger partial charge in [0.2, 0.25) is 0 Å². The quantitative estimate of drug-likeness (QED) is 0.443. The van der Waals surface area contributed by atoms with Gasteiger partial charge >= 0.3 is 0 Å². The number of halogens is 1. The summed E-state index contributed by atoms with van der Waals surface area (Å²) >= 11 is 2.15. The van der Waals surface area contributed by atoms with Gasteiger partial charge in [-0.15, -0.1) is 0 Å². The predicted molar refractivity (Wildman–Crippen MR) is 49.6 cm³/mol. The van der Waals surface area contributed by atoms with Gasteiger partial charge in [0.1, 0.15) is 0 Å². The molecule has 0 heterocycles. The summed E-state index contributed by atoms with van der Waals surface area (Å²) in [7, 11) is 0. The summed E-state index contributed by atoms with van der Waals surface area (Å²) in [6, 6.07) is 0. The van der Waals surface area contributed by atoms with Crippen molar-refractivity contribution in [3.8, 4) is 0 Å². The zero-order valence-corrected chi connectivity index (χ0v) is 7.42. The van der Waals surface area contributed by atoms with Crippen LogP contribution in [-0.4, -0.2) is 6.72 Å². The number of hydrogen-bond acceptors (Lipinski definition) is 2. The average Bonchev–Trinajstić information content (AvgIpc) is 1.87. The molecule has 0 atom stereocenters. The van der Waals surface area contributed by atoms with Crippen molar-refractivity contribution in [2.45, 2.75) is 6.92 Å². The normalized spacial score (nSPS) is 13.6. The highest BCUT2D eigenvalue weighted by atomic mass is 127. The SMILES string of the molecule is C=N/C=C(I)\C(C)=C/N. The van der Waals surface area contributed by atoms with E-state index in [2.05, 4.69) is 34.3 Å². The van der Waals surface area contributed by atoms with Gasteiger partial charge in [0.25, 0.3) is 0 Å². The summed E-state index contributed by atoms with van der Waals surface area (Å²) in [6.45, 7) is 5.24. The number of nitrogens with two attached hydrogens (primary N) is 1. The zero-order valence-electron chi connectivity index (χ0n) is 5.26. The first-order valence-electron chi connectivity index (χ1n) is 2.42. The molecule has 0 aromatic heterocycles. The van der Waals surface area contributed by atoms with E-state index in [4.69, 9.17) is 5.73 Å². The first-order chi connectivity index (χ1) is 4.22. The predicted octanol–water partition coefficient (Wildman–Crippen LogP) is 1.83. The molecule has 0 rings (SSSR count). The van der Waals surface area contributed by atoms with E-state index in [0.29, 0.717) is 0 Å². The number of nitrogens with zero attached hydrogens (tertiary/aromatic N) is 1. The third-order valence-corrected chi connectivity index (χ3v) is 1.96. The van der Waals surface area contributed by atoms with Crippen LogP contribution in [0, 0.1) is 0 Å². The second-order valence-corrected chi connectivity index (χ2v) is 2.67. The molecule has 0 aliphatic rings. The fourth-order valence-corrected chi connectivity index (χ4v) is 0.638. The minimum Gasteiger partial charge on any atom is -0.404 e. The van der Waals surface area contributed by atoms with E-state index in [9.17, 15) is 0 Å². The number of allylic oxidation sites excluding steroid dienone is 2. The number of rotatable bonds is 2. The molecule has 0 aromatic rings. The maximum absolute atomic E-state index is 5.23. The Morgan fingerprint density at radius 2 is 2.33 bits per heavy atom. The van der Waals surface area contributed by atoms with Crippen LogP contribution in [0.5, 0.6) is 0 Å². The third-order valence-electron chi connectivity index (χ3n) is 0.831. The summed E-state index contributed by atoms with van der Waals surface area (Å²) in [5.41, 5.74) is 6.25. The molecule has 3 heteroatoms. The Labute approximate surface area is 68.7 Å². The Morgan fingerprint density at radius 1 is 1.78 bits per heavy atom. The Bertz CT molecular complexity index is 158. The van der Waals surface area contributed by atoms with Crippen LogP contribution < -0.4 is 5.73 Å². The Kier molecular flexibility index (Phi) is 4.39. The van der Waals surface area contributed by atoms with Gasteiger partial charge in [-0.05, 0) is 48.0 Å². The lowest BCUT2D eigenvalue weighted by atomic mass is 10.3. The van der Waals surface area contributed by atoms with Crippen LogP contribution in [0.2, 0.25) is 0 Å². The van der Waals surface area contributed by atoms with E-state index in [1.807, 2.05) is 6.92 Å². The molecule has 0 fully saturated rings. The van der Waals surface area contributed by atoms with Gasteiger partial charge < -0.3 is 5.73 Å². The molecule has 0 aliphatic heterocycles. The van der Waals surface area contributed by atoms with Crippen molar-refractivity contribution >= 4 is 29.3 Å². The van der Waals surface area contributed by atoms with E-state index >= 15 is 0 Å². The summed E-state index contributed by atoms with van der Waals surface area (Å²) in [5.74, 6) is 0. The molecule has 0 amide bonds. The van der Waals surface area contributed by atoms with Gasteiger partial charge in [0, 0.05) is 9.78 Å². The molecule has 9 heavy (non-hydrogen) atoms. The average molecular weight is 236 g/mol. The lowest BCUT2D eigenvalue weighted by Gasteiger charge is -1.92. The molecule has 50 valence electrons. The van der Waals surface area contributed by atoms with Gasteiger partial charge in [-0.2, -0.15) is 0 Å². The second kappa shape index (κ2) is 4.55. The van der Waals surface area contributed by atoms with Gasteiger partial charge in [-0.1, -0.05) is 0 Å². The summed E-state index contributed by atoms with van der Waals surface area (Å²) < 4.78 is 1.02. The topological polar surface area (TPSA) is 38.4 Å². The van der Waals surface area contributed by atoms with Crippen molar-refractivity contribution in [2.75, 3.05) is 0 Å². The lowest BCUT2D eigenvalue weighted by molar-refractivity contribution is 1.41. The van der Waals surface area contributed by atoms with Gasteiger partial charge in [0.15, 0.2) is 0 Å². The zero-order chi connectivity index (χ0) is 7.28. The minimum absolute atomic E-state index is 1.02. The van der Waals surface area contributed by atoms with Crippen LogP contribution in [0.4, 0.5) is 0 Å². The van der Waals surface area contributed by atoms with Crippen LogP contribution in [0.1, 0.15) is 6.92 Å². The van der Waals surface area contributed by atoms with Gasteiger partial charge in [-0.3, -0.25) is 4.99 Å². The molecule has 0 aromatic carbocycles. The Hall–Kier alpha value is -0.320. The van der Waals surface area contributed by atoms with Crippen molar-refractivity contribution in [1.29, 1.82) is 0 Å². The van der Waals surface area contributed by atoms with E-state index in [0.717, 1.165) is 9.15 Å². The van der Waals surface area contributed by atoms with Crippen molar-refractivity contribution in [2.24, 2.45) is 10.7 Å². The van der Waals surface area contributed by atoms with Crippen molar-refractivity contribution in [3.63, 3.8) is 0 Å². The molecule has 0 bridgehead atoms. The van der Waals surface area contributed by atoms with E-state index < -0.39 is 0 Å². The molecule has 0 saturated carbocycles. The highest BCUT2D eigenvalue weighted by Crippen LogP contribution is 2.15. The summed E-state index contributed by atoms with van der Waals surface area (Å²) in [4.78, 5) is 3.59. The van der Waals surface area contributed by atoms with Crippen LogP contribution in [-0.2, 0) is 0 Å². The number of aliphatic imine (C=N–C) groups is 1. The summed E-state index contributed by atoms with van der Waals surface area (Å²) in [5, 5.41) is 0. The summed E-state index contributed by atoms with van der Waals surface area (Å²) in [6.07, 6.45) is 3.21. The van der Waals surface area contributed by atoms with E-state index in [1.54, 1.807) is 12.4 Å². The first kappa shape index (κ1) is 8.68. The Balaban J connectivity index is 4.19. The maximum atomic E-state index is 5.23. The van der Waals surface area contributed by atoms with E-state index in [-0.39, 0.29) is 0 Å². The highest BCUT2D eigenvalue weighted by Gasteiger charge is 1.89. The molecule has 0 saturated heterocycles. The molecule has 0 unspecified atom stereocenters. The standard InChI is InChI=1S/C6H9IN2/c1-5(3-8)6(7)4-9-2/h3-4H,2,8H2,1H3/b5-3-,6-4+. The van der Waals surface area contributed by atoms with Crippen LogP contribution in [0.3, 0.4) is 0 Å². The van der Waals surface area contributed by atoms with Gasteiger partial charge in [-0.25, -0.2) is 0 Å². The molecular formula is C6H9IN2. The van der Waals surface area contributed by atoms with Crippen LogP contribution in [0.25, 0.3) is 0 Å². The molecule has 2 N–H and O–H groups in total. The van der Waals surface area contributed by atoms with E-state index in [1.165, 1.54) is 0 Å². The molecule has 2 nitrogen and oxygen atoms in total. The fourth-order valence-electron chi connectivity index (χ4n) is 0.262. The fraction of sp³-hybridized carbons (Fsp3) is 0.167. The van der Waals surface area contributed by atoms with Crippen molar-refractivity contribution in [1.82, 2.24) is 0 Å². The lowest BCUT2D eigenvalue weighted by Crippen LogP contribution is -1.82.